The summed E-state index contributed by atoms with van der Waals surface area (Å²) in [5.74, 6) is 3.27. The largest absolute Gasteiger partial charge is 0.493 e. The number of aryl methyl sites for hydroxylation is 1. The first-order chi connectivity index (χ1) is 21.9. The predicted molar refractivity (Wildman–Crippen MR) is 164 cm³/mol. The number of aliphatic hydroxyl groups excluding tert-OH is 1. The van der Waals surface area contributed by atoms with Crippen molar-refractivity contribution in [2.24, 2.45) is 16.7 Å². The van der Waals surface area contributed by atoms with Crippen molar-refractivity contribution in [2.45, 2.75) is 108 Å². The predicted octanol–water partition coefficient (Wildman–Crippen LogP) is 9.68. The van der Waals surface area contributed by atoms with Crippen molar-refractivity contribution in [3.05, 3.63) is 29.3 Å². The molecule has 0 bridgehead atoms. The lowest BCUT2D eigenvalue weighted by atomic mass is 9.48. The van der Waals surface area contributed by atoms with Gasteiger partial charge in [0.25, 0.3) is 0 Å². The zero-order valence-electron chi connectivity index (χ0n) is 26.5. The van der Waals surface area contributed by atoms with Crippen LogP contribution in [0.15, 0.2) is 18.2 Å². The summed E-state index contributed by atoms with van der Waals surface area (Å²) >= 11 is 0. The van der Waals surface area contributed by atoms with Gasteiger partial charge in [0.1, 0.15) is 5.75 Å². The average Bonchev–Trinajstić information content (AvgIpc) is 3.31. The number of hydrogen-bond donors (Lipinski definition) is 1. The number of hydrogen-bond acceptors (Lipinski definition) is 6. The number of rotatable bonds is 15. The van der Waals surface area contributed by atoms with E-state index < -0.39 is 37.2 Å². The molecule has 1 N–H and O–H groups in total. The summed E-state index contributed by atoms with van der Waals surface area (Å²) in [7, 11) is 3.53. The van der Waals surface area contributed by atoms with E-state index in [0.717, 1.165) is 62.2 Å². The Labute approximate surface area is 277 Å². The fourth-order valence-corrected chi connectivity index (χ4v) is 10.2. The second-order valence-corrected chi connectivity index (χ2v) is 16.0. The molecule has 0 saturated heterocycles. The van der Waals surface area contributed by atoms with E-state index in [9.17, 15) is 39.5 Å². The molecule has 3 aliphatic carbocycles. The molecule has 0 radical (unpaired) electrons. The molecule has 4 nitrogen and oxygen atoms in total. The number of benzene rings is 1. The Kier molecular flexibility index (Phi) is 12.4. The van der Waals surface area contributed by atoms with E-state index in [1.807, 2.05) is 6.07 Å². The normalized spacial score (nSPS) is 28.1. The molecule has 0 aliphatic heterocycles. The van der Waals surface area contributed by atoms with Crippen LogP contribution in [0.4, 0.5) is 39.5 Å². The van der Waals surface area contributed by atoms with Crippen molar-refractivity contribution in [3.8, 4) is 5.75 Å². The monoisotopic (exact) mass is 726 g/mol. The Morgan fingerprint density at radius 2 is 1.47 bits per heavy atom. The lowest BCUT2D eigenvalue weighted by Gasteiger charge is -2.57. The highest BCUT2D eigenvalue weighted by Gasteiger charge is 2.85. The first kappa shape index (κ1) is 38.8. The summed E-state index contributed by atoms with van der Waals surface area (Å²) in [5.41, 5.74) is -4.00. The van der Waals surface area contributed by atoms with Crippen LogP contribution in [0.25, 0.3) is 0 Å². The fraction of sp³-hybridized carbons (Fsp3) is 0.812. The van der Waals surface area contributed by atoms with Gasteiger partial charge in [-0.3, -0.25) is 0 Å². The standard InChI is InChI=1S/C32H43F9O4S2/c1-27-12-10-21-20-22(43-17-19-47-46-18-4-3-14-42)6-7-23(21)24(27)11-13-28(2)25(27)8-9-26(28)44-15-5-16-45-29(30(33,34)35,31(36,37)38)32(39,40)41/h6-7,20,24-26,42H,3-5,8-19H2,1-2H3/t24-,25+,26+,27-,28+/m1/s1. The van der Waals surface area contributed by atoms with Crippen LogP contribution in [0, 0.1) is 16.7 Å². The smallest absolute Gasteiger partial charge is 0.435 e. The Bertz CT molecular complexity index is 1140. The Morgan fingerprint density at radius 3 is 2.13 bits per heavy atom. The fourth-order valence-electron chi connectivity index (χ4n) is 8.23. The van der Waals surface area contributed by atoms with Crippen molar-refractivity contribution in [3.63, 3.8) is 0 Å². The average molecular weight is 727 g/mol. The number of halogens is 9. The molecule has 270 valence electrons. The van der Waals surface area contributed by atoms with Gasteiger partial charge in [-0.25, -0.2) is 0 Å². The Hall–Kier alpha value is -1.03. The second-order valence-electron chi connectivity index (χ2n) is 13.3. The third kappa shape index (κ3) is 7.83. The van der Waals surface area contributed by atoms with Crippen LogP contribution in [0.3, 0.4) is 0 Å². The van der Waals surface area contributed by atoms with Crippen LogP contribution >= 0.6 is 21.6 Å². The maximum atomic E-state index is 13.1. The van der Waals surface area contributed by atoms with E-state index in [2.05, 4.69) is 30.7 Å². The van der Waals surface area contributed by atoms with Crippen LogP contribution in [-0.2, 0) is 15.9 Å². The number of unbranched alkanes of at least 4 members (excludes halogenated alkanes) is 1. The van der Waals surface area contributed by atoms with Gasteiger partial charge in [0.2, 0.25) is 0 Å². The highest BCUT2D eigenvalue weighted by molar-refractivity contribution is 8.76. The number of aliphatic hydroxyl groups is 1. The second kappa shape index (κ2) is 15.1. The topological polar surface area (TPSA) is 47.9 Å². The van der Waals surface area contributed by atoms with Gasteiger partial charge in [-0.1, -0.05) is 41.5 Å². The van der Waals surface area contributed by atoms with E-state index in [-0.39, 0.29) is 36.1 Å². The summed E-state index contributed by atoms with van der Waals surface area (Å²) in [6, 6.07) is 6.32. The molecule has 0 spiro atoms. The highest BCUT2D eigenvalue weighted by Crippen LogP contribution is 2.67. The number of alkyl halides is 9. The van der Waals surface area contributed by atoms with Crippen molar-refractivity contribution in [1.29, 1.82) is 0 Å². The molecule has 2 fully saturated rings. The molecule has 0 amide bonds. The summed E-state index contributed by atoms with van der Waals surface area (Å²) in [4.78, 5) is 0. The minimum atomic E-state index is -6.74. The molecule has 2 saturated carbocycles. The van der Waals surface area contributed by atoms with Gasteiger partial charge in [0.05, 0.1) is 19.3 Å². The molecule has 3 aliphatic rings. The van der Waals surface area contributed by atoms with Gasteiger partial charge in [-0.2, -0.15) is 39.5 Å². The summed E-state index contributed by atoms with van der Waals surface area (Å²) in [5, 5.41) is 8.85. The molecule has 0 heterocycles. The molecule has 5 atom stereocenters. The molecule has 47 heavy (non-hydrogen) atoms. The van der Waals surface area contributed by atoms with E-state index in [1.165, 1.54) is 11.1 Å². The van der Waals surface area contributed by atoms with Crippen molar-refractivity contribution in [1.82, 2.24) is 0 Å². The van der Waals surface area contributed by atoms with Crippen LogP contribution < -0.4 is 4.74 Å². The van der Waals surface area contributed by atoms with E-state index in [4.69, 9.17) is 14.6 Å². The zero-order valence-corrected chi connectivity index (χ0v) is 28.1. The minimum absolute atomic E-state index is 0.0424. The van der Waals surface area contributed by atoms with Gasteiger partial charge < -0.3 is 19.3 Å². The third-order valence-electron chi connectivity index (χ3n) is 10.5. The Morgan fingerprint density at radius 1 is 0.787 bits per heavy atom. The molecular weight excluding hydrogens is 683 g/mol. The number of fused-ring (bicyclic) bond motifs is 5. The van der Waals surface area contributed by atoms with Gasteiger partial charge in [-0.15, -0.1) is 0 Å². The van der Waals surface area contributed by atoms with Gasteiger partial charge in [0, 0.05) is 24.7 Å². The minimum Gasteiger partial charge on any atom is -0.493 e. The SMILES string of the molecule is C[C@]12CC[C@@H]3c4ccc(OCCSSCCCCO)cc4CC[C@@]3(C)[C@@H]1CC[C@@H]2OCCCOC(C(F)(F)F)(C(F)(F)F)C(F)(F)F. The number of ether oxygens (including phenoxy) is 3. The van der Waals surface area contributed by atoms with Crippen LogP contribution in [0.1, 0.15) is 82.3 Å². The summed E-state index contributed by atoms with van der Waals surface area (Å²) in [6.07, 6.45) is -14.3. The lowest BCUT2D eigenvalue weighted by molar-refractivity contribution is -0.457. The van der Waals surface area contributed by atoms with Crippen molar-refractivity contribution >= 4 is 21.6 Å². The molecule has 0 unspecified atom stereocenters. The van der Waals surface area contributed by atoms with Crippen LogP contribution in [-0.4, -0.2) is 73.3 Å². The first-order valence-corrected chi connectivity index (χ1v) is 18.5. The van der Waals surface area contributed by atoms with Gasteiger partial charge >= 0.3 is 24.1 Å². The van der Waals surface area contributed by atoms with E-state index in [0.29, 0.717) is 18.9 Å². The van der Waals surface area contributed by atoms with Gasteiger partial charge in [0.15, 0.2) is 0 Å². The molecule has 4 rings (SSSR count). The maximum Gasteiger partial charge on any atom is 0.435 e. The third-order valence-corrected chi connectivity index (χ3v) is 13.0. The Balaban J connectivity index is 1.31. The van der Waals surface area contributed by atoms with Crippen LogP contribution in [0.2, 0.25) is 0 Å². The highest BCUT2D eigenvalue weighted by atomic mass is 33.1. The lowest BCUT2D eigenvalue weighted by Crippen LogP contribution is -2.67. The summed E-state index contributed by atoms with van der Waals surface area (Å²) in [6.45, 7) is 3.49. The summed E-state index contributed by atoms with van der Waals surface area (Å²) < 4.78 is 134. The quantitative estimate of drug-likeness (QED) is 0.110. The molecule has 0 aromatic heterocycles. The first-order valence-electron chi connectivity index (χ1n) is 16.0. The van der Waals surface area contributed by atoms with Gasteiger partial charge in [-0.05, 0) is 104 Å². The maximum absolute atomic E-state index is 13.1. The van der Waals surface area contributed by atoms with Crippen molar-refractivity contribution in [2.75, 3.05) is 37.9 Å². The van der Waals surface area contributed by atoms with E-state index in [1.54, 1.807) is 21.6 Å². The van der Waals surface area contributed by atoms with Crippen molar-refractivity contribution < 1.29 is 58.8 Å². The molecular formula is C32H43F9O4S2. The van der Waals surface area contributed by atoms with Crippen LogP contribution in [0.5, 0.6) is 5.75 Å². The molecule has 15 heteroatoms. The molecule has 1 aromatic rings. The van der Waals surface area contributed by atoms with E-state index >= 15 is 0 Å². The molecule has 1 aromatic carbocycles. The zero-order chi connectivity index (χ0) is 34.7.